The van der Waals surface area contributed by atoms with E-state index in [1.165, 1.54) is 11.3 Å². The molecule has 0 spiro atoms. The smallest absolute Gasteiger partial charge is 0.250 e. The van der Waals surface area contributed by atoms with Gasteiger partial charge in [-0.05, 0) is 41.4 Å². The molecule has 4 heterocycles. The molecule has 0 aromatic carbocycles. The number of anilines is 1. The van der Waals surface area contributed by atoms with Gasteiger partial charge in [0.25, 0.3) is 0 Å². The number of nitrogens with one attached hydrogen (secondary N) is 1. The maximum Gasteiger partial charge on any atom is 0.250 e. The summed E-state index contributed by atoms with van der Waals surface area (Å²) in [7, 11) is -3.51. The minimum absolute atomic E-state index is 0.169. The monoisotopic (exact) mass is 442 g/mol. The van der Waals surface area contributed by atoms with Crippen molar-refractivity contribution in [3.05, 3.63) is 34.1 Å². The van der Waals surface area contributed by atoms with E-state index in [9.17, 15) is 8.42 Å². The van der Waals surface area contributed by atoms with Crippen molar-refractivity contribution in [2.24, 2.45) is 0 Å². The van der Waals surface area contributed by atoms with Crippen LogP contribution in [-0.2, 0) is 10.0 Å². The molecule has 1 unspecified atom stereocenters. The number of sulfonamides is 1. The lowest BCUT2D eigenvalue weighted by Gasteiger charge is -2.18. The molecule has 132 valence electrons. The highest BCUT2D eigenvalue weighted by atomic mass is 79.9. The van der Waals surface area contributed by atoms with Crippen LogP contribution in [0.2, 0.25) is 0 Å². The van der Waals surface area contributed by atoms with Crippen molar-refractivity contribution in [1.29, 1.82) is 0 Å². The summed E-state index contributed by atoms with van der Waals surface area (Å²) in [6.45, 7) is 3.13. The highest BCUT2D eigenvalue weighted by molar-refractivity contribution is 9.11. The molecule has 0 saturated carbocycles. The van der Waals surface area contributed by atoms with E-state index >= 15 is 0 Å². The van der Waals surface area contributed by atoms with Gasteiger partial charge in [0.1, 0.15) is 10.0 Å². The van der Waals surface area contributed by atoms with E-state index in [4.69, 9.17) is 0 Å². The van der Waals surface area contributed by atoms with E-state index in [1.54, 1.807) is 18.3 Å². The Hall–Kier alpha value is -1.56. The summed E-state index contributed by atoms with van der Waals surface area (Å²) in [6, 6.07) is 3.17. The molecule has 25 heavy (non-hydrogen) atoms. The molecule has 4 rings (SSSR count). The van der Waals surface area contributed by atoms with Crippen LogP contribution in [0.5, 0.6) is 0 Å². The fourth-order valence-corrected chi connectivity index (χ4v) is 6.21. The largest absolute Gasteiger partial charge is 0.352 e. The van der Waals surface area contributed by atoms with Gasteiger partial charge < -0.3 is 4.90 Å². The predicted octanol–water partition coefficient (Wildman–Crippen LogP) is 1.81. The minimum Gasteiger partial charge on any atom is -0.352 e. The Morgan fingerprint density at radius 1 is 1.36 bits per heavy atom. The zero-order valence-electron chi connectivity index (χ0n) is 13.3. The molecule has 3 aromatic rings. The molecule has 1 aliphatic rings. The third-order valence-electron chi connectivity index (χ3n) is 4.10. The van der Waals surface area contributed by atoms with Gasteiger partial charge in [0.2, 0.25) is 15.7 Å². The Labute approximate surface area is 157 Å². The van der Waals surface area contributed by atoms with Gasteiger partial charge in [-0.15, -0.1) is 21.5 Å². The van der Waals surface area contributed by atoms with Crippen LogP contribution in [0.1, 0.15) is 12.2 Å². The third kappa shape index (κ3) is 3.16. The highest BCUT2D eigenvalue weighted by Crippen LogP contribution is 2.27. The first-order valence-electron chi connectivity index (χ1n) is 7.63. The molecule has 1 aliphatic heterocycles. The van der Waals surface area contributed by atoms with Crippen LogP contribution in [0.15, 0.2) is 32.5 Å². The van der Waals surface area contributed by atoms with Gasteiger partial charge in [-0.25, -0.2) is 18.1 Å². The molecule has 11 heteroatoms. The predicted molar refractivity (Wildman–Crippen MR) is 98.5 cm³/mol. The van der Waals surface area contributed by atoms with Crippen molar-refractivity contribution >= 4 is 48.8 Å². The molecule has 0 radical (unpaired) electrons. The van der Waals surface area contributed by atoms with E-state index in [0.717, 1.165) is 15.4 Å². The Morgan fingerprint density at radius 3 is 2.96 bits per heavy atom. The lowest BCUT2D eigenvalue weighted by Crippen LogP contribution is -2.37. The van der Waals surface area contributed by atoms with E-state index in [-0.39, 0.29) is 6.04 Å². The molecule has 3 aromatic heterocycles. The number of hydrogen-bond donors (Lipinski definition) is 1. The Kier molecular flexibility index (Phi) is 4.26. The normalized spacial score (nSPS) is 18.3. The maximum atomic E-state index is 12.5. The number of thiophene rings is 1. The van der Waals surface area contributed by atoms with Crippen molar-refractivity contribution in [1.82, 2.24) is 24.3 Å². The molecular formula is C14H15BrN6O2S2. The van der Waals surface area contributed by atoms with Crippen molar-refractivity contribution in [3.8, 4) is 0 Å². The summed E-state index contributed by atoms with van der Waals surface area (Å²) in [5, 5.41) is 8.26. The second-order valence-corrected chi connectivity index (χ2v) is 10.2. The maximum absolute atomic E-state index is 12.5. The molecule has 1 N–H and O–H groups in total. The fourth-order valence-electron chi connectivity index (χ4n) is 2.92. The number of fused-ring (bicyclic) bond motifs is 1. The first-order chi connectivity index (χ1) is 11.9. The van der Waals surface area contributed by atoms with Crippen LogP contribution in [0.3, 0.4) is 0 Å². The Bertz CT molecular complexity index is 1030. The van der Waals surface area contributed by atoms with E-state index in [1.807, 2.05) is 22.4 Å². The number of halogens is 1. The lowest BCUT2D eigenvalue weighted by molar-refractivity contribution is 0.563. The zero-order chi connectivity index (χ0) is 17.6. The van der Waals surface area contributed by atoms with Crippen LogP contribution in [0.4, 0.5) is 5.82 Å². The van der Waals surface area contributed by atoms with Gasteiger partial charge >= 0.3 is 0 Å². The molecule has 1 atom stereocenters. The van der Waals surface area contributed by atoms with E-state index < -0.39 is 10.0 Å². The van der Waals surface area contributed by atoms with Crippen molar-refractivity contribution < 1.29 is 8.42 Å². The van der Waals surface area contributed by atoms with Crippen molar-refractivity contribution in [2.75, 3.05) is 18.0 Å². The zero-order valence-corrected chi connectivity index (χ0v) is 16.5. The molecular weight excluding hydrogens is 428 g/mol. The average molecular weight is 443 g/mol. The standard InChI is InChI=1S/C14H15BrN6O2S2/c1-9-17-18-14-13(16-5-7-21(9)14)20-6-4-10(8-20)19-25(22,23)12-3-2-11(15)24-12/h2-3,5,7,10,19H,4,6,8H2,1H3. The van der Waals surface area contributed by atoms with Crippen LogP contribution in [0, 0.1) is 6.92 Å². The fraction of sp³-hybridized carbons (Fsp3) is 0.357. The van der Waals surface area contributed by atoms with Crippen LogP contribution in [0.25, 0.3) is 5.65 Å². The second kappa shape index (κ2) is 6.31. The molecule has 0 amide bonds. The van der Waals surface area contributed by atoms with Crippen LogP contribution < -0.4 is 9.62 Å². The summed E-state index contributed by atoms with van der Waals surface area (Å²) in [5.74, 6) is 1.52. The summed E-state index contributed by atoms with van der Waals surface area (Å²) >= 11 is 4.50. The van der Waals surface area contributed by atoms with E-state index in [2.05, 4.69) is 35.8 Å². The van der Waals surface area contributed by atoms with Gasteiger partial charge in [0, 0.05) is 31.5 Å². The molecule has 8 nitrogen and oxygen atoms in total. The van der Waals surface area contributed by atoms with Gasteiger partial charge in [-0.1, -0.05) is 0 Å². The topological polar surface area (TPSA) is 92.5 Å². The number of hydrogen-bond acceptors (Lipinski definition) is 7. The quantitative estimate of drug-likeness (QED) is 0.662. The summed E-state index contributed by atoms with van der Waals surface area (Å²) in [4.78, 5) is 6.46. The molecule has 0 bridgehead atoms. The minimum atomic E-state index is -3.51. The van der Waals surface area contributed by atoms with Crippen molar-refractivity contribution in [2.45, 2.75) is 23.6 Å². The van der Waals surface area contributed by atoms with Crippen LogP contribution in [-0.4, -0.2) is 47.1 Å². The van der Waals surface area contributed by atoms with Gasteiger partial charge in [0.05, 0.1) is 3.79 Å². The molecule has 0 aliphatic carbocycles. The lowest BCUT2D eigenvalue weighted by atomic mass is 10.3. The number of rotatable bonds is 4. The Balaban J connectivity index is 1.53. The van der Waals surface area contributed by atoms with Gasteiger partial charge in [-0.2, -0.15) is 0 Å². The highest BCUT2D eigenvalue weighted by Gasteiger charge is 2.30. The van der Waals surface area contributed by atoms with Crippen molar-refractivity contribution in [3.63, 3.8) is 0 Å². The Morgan fingerprint density at radius 2 is 2.20 bits per heavy atom. The first-order valence-corrected chi connectivity index (χ1v) is 10.7. The van der Waals surface area contributed by atoms with Gasteiger partial charge in [0.15, 0.2) is 5.82 Å². The van der Waals surface area contributed by atoms with Crippen LogP contribution >= 0.6 is 27.3 Å². The number of nitrogens with zero attached hydrogens (tertiary/aromatic N) is 5. The summed E-state index contributed by atoms with van der Waals surface area (Å²) in [5.41, 5.74) is 0.686. The summed E-state index contributed by atoms with van der Waals surface area (Å²) < 4.78 is 30.7. The van der Waals surface area contributed by atoms with E-state index in [0.29, 0.717) is 29.4 Å². The molecule has 1 fully saturated rings. The third-order valence-corrected chi connectivity index (χ3v) is 7.74. The number of aryl methyl sites for hydroxylation is 1. The summed E-state index contributed by atoms with van der Waals surface area (Å²) in [6.07, 6.45) is 4.24. The molecule has 1 saturated heterocycles. The average Bonchev–Trinajstić information content (AvgIpc) is 3.28. The van der Waals surface area contributed by atoms with Gasteiger partial charge in [-0.3, -0.25) is 4.40 Å². The second-order valence-electron chi connectivity index (χ2n) is 5.80. The SMILES string of the molecule is Cc1nnc2c(N3CCC(NS(=O)(=O)c4ccc(Br)s4)C3)nccn12. The number of aromatic nitrogens is 4. The first kappa shape index (κ1) is 16.9.